The quantitative estimate of drug-likeness (QED) is 0.649. The van der Waals surface area contributed by atoms with Crippen molar-refractivity contribution in [3.8, 4) is 0 Å². The van der Waals surface area contributed by atoms with Crippen LogP contribution in [0.15, 0.2) is 23.0 Å². The van der Waals surface area contributed by atoms with Crippen LogP contribution in [0.1, 0.15) is 31.4 Å². The zero-order chi connectivity index (χ0) is 14.7. The minimum absolute atomic E-state index is 0.0527. The summed E-state index contributed by atoms with van der Waals surface area (Å²) in [5.74, 6) is -1.32. The Labute approximate surface area is 114 Å². The molecule has 4 N–H and O–H groups in total. The van der Waals surface area contributed by atoms with Gasteiger partial charge in [-0.2, -0.15) is 0 Å². The van der Waals surface area contributed by atoms with Gasteiger partial charge in [-0.15, -0.1) is 0 Å². The number of aliphatic carboxylic acids is 1. The van der Waals surface area contributed by atoms with E-state index in [2.05, 4.69) is 15.3 Å². The predicted molar refractivity (Wildman–Crippen MR) is 72.3 cm³/mol. The molecule has 1 aromatic carbocycles. The normalized spacial score (nSPS) is 12.2. The van der Waals surface area contributed by atoms with E-state index in [1.165, 1.54) is 0 Å². The molecule has 7 heteroatoms. The first-order valence-electron chi connectivity index (χ1n) is 6.19. The summed E-state index contributed by atoms with van der Waals surface area (Å²) in [6, 6.07) is 5.06. The monoisotopic (exact) mass is 277 g/mol. The lowest BCUT2D eigenvalue weighted by Gasteiger charge is -2.14. The minimum atomic E-state index is -1.00. The number of carboxylic acid groups (broad SMARTS) is 1. The Bertz CT molecular complexity index is 701. The molecule has 0 bridgehead atoms. The first-order chi connectivity index (χ1) is 9.45. The van der Waals surface area contributed by atoms with Gasteiger partial charge in [-0.25, -0.2) is 4.79 Å². The van der Waals surface area contributed by atoms with Gasteiger partial charge in [0.25, 0.3) is 0 Å². The summed E-state index contributed by atoms with van der Waals surface area (Å²) in [7, 11) is 0. The lowest BCUT2D eigenvalue weighted by Crippen LogP contribution is -2.26. The van der Waals surface area contributed by atoms with Crippen molar-refractivity contribution >= 4 is 22.9 Å². The molecule has 0 aliphatic rings. The number of amides is 1. The number of H-pyrrole nitrogens is 2. The van der Waals surface area contributed by atoms with E-state index in [-0.39, 0.29) is 30.5 Å². The van der Waals surface area contributed by atoms with E-state index in [9.17, 15) is 14.4 Å². The Morgan fingerprint density at radius 3 is 2.65 bits per heavy atom. The molecule has 0 saturated heterocycles. The lowest BCUT2D eigenvalue weighted by molar-refractivity contribution is -0.138. The standard InChI is InChI=1S/C13H15N3O4/c1-7(14-11(17)4-5-12(18)19)8-2-3-9-10(6-8)16-13(20)15-9/h2-3,6-7H,4-5H2,1H3,(H,14,17)(H,18,19)(H2,15,16,20). The average molecular weight is 277 g/mol. The first kappa shape index (κ1) is 13.9. The van der Waals surface area contributed by atoms with Crippen molar-refractivity contribution in [1.29, 1.82) is 0 Å². The van der Waals surface area contributed by atoms with Crippen molar-refractivity contribution in [2.75, 3.05) is 0 Å². The largest absolute Gasteiger partial charge is 0.481 e. The van der Waals surface area contributed by atoms with E-state index in [0.29, 0.717) is 11.0 Å². The maximum Gasteiger partial charge on any atom is 0.323 e. The predicted octanol–water partition coefficient (Wildman–Crippen LogP) is 0.898. The van der Waals surface area contributed by atoms with Gasteiger partial charge >= 0.3 is 11.7 Å². The number of benzene rings is 1. The van der Waals surface area contributed by atoms with Gasteiger partial charge in [0.2, 0.25) is 5.91 Å². The molecule has 1 amide bonds. The molecule has 0 radical (unpaired) electrons. The second kappa shape index (κ2) is 5.60. The summed E-state index contributed by atoms with van der Waals surface area (Å²) in [4.78, 5) is 38.4. The molecule has 0 fully saturated rings. The molecule has 0 aliphatic carbocycles. The van der Waals surface area contributed by atoms with Crippen molar-refractivity contribution in [3.63, 3.8) is 0 Å². The van der Waals surface area contributed by atoms with E-state index >= 15 is 0 Å². The Kier molecular flexibility index (Phi) is 3.88. The Morgan fingerprint density at radius 2 is 1.95 bits per heavy atom. The molecule has 1 unspecified atom stereocenters. The number of carbonyl (C=O) groups excluding carboxylic acids is 1. The molecule has 20 heavy (non-hydrogen) atoms. The maximum absolute atomic E-state index is 11.6. The van der Waals surface area contributed by atoms with Crippen LogP contribution in [0, 0.1) is 0 Å². The van der Waals surface area contributed by atoms with Gasteiger partial charge in [-0.3, -0.25) is 9.59 Å². The van der Waals surface area contributed by atoms with Crippen LogP contribution in [0.4, 0.5) is 0 Å². The molecule has 1 atom stereocenters. The number of carbonyl (C=O) groups is 2. The number of hydrogen-bond acceptors (Lipinski definition) is 3. The van der Waals surface area contributed by atoms with Crippen LogP contribution < -0.4 is 11.0 Å². The minimum Gasteiger partial charge on any atom is -0.481 e. The van der Waals surface area contributed by atoms with Crippen LogP contribution in [0.2, 0.25) is 0 Å². The highest BCUT2D eigenvalue weighted by Gasteiger charge is 2.11. The zero-order valence-corrected chi connectivity index (χ0v) is 10.9. The molecule has 2 aromatic rings. The van der Waals surface area contributed by atoms with E-state index < -0.39 is 5.97 Å². The van der Waals surface area contributed by atoms with Gasteiger partial charge in [0.05, 0.1) is 23.5 Å². The van der Waals surface area contributed by atoms with Gasteiger partial charge in [-0.05, 0) is 24.6 Å². The molecule has 2 rings (SSSR count). The Balaban J connectivity index is 2.06. The van der Waals surface area contributed by atoms with E-state index in [4.69, 9.17) is 5.11 Å². The van der Waals surface area contributed by atoms with Crippen molar-refractivity contribution in [2.45, 2.75) is 25.8 Å². The molecular formula is C13H15N3O4. The van der Waals surface area contributed by atoms with Crippen LogP contribution >= 0.6 is 0 Å². The fourth-order valence-electron chi connectivity index (χ4n) is 1.94. The summed E-state index contributed by atoms with van der Waals surface area (Å²) in [5, 5.41) is 11.2. The highest BCUT2D eigenvalue weighted by Crippen LogP contribution is 2.17. The number of aromatic nitrogens is 2. The third-order valence-electron chi connectivity index (χ3n) is 2.98. The van der Waals surface area contributed by atoms with Crippen molar-refractivity contribution in [3.05, 3.63) is 34.2 Å². The third kappa shape index (κ3) is 3.25. The van der Waals surface area contributed by atoms with Crippen LogP contribution in [-0.4, -0.2) is 27.0 Å². The molecule has 1 aromatic heterocycles. The summed E-state index contributed by atoms with van der Waals surface area (Å²) in [6.45, 7) is 1.80. The number of hydrogen-bond donors (Lipinski definition) is 4. The molecule has 1 heterocycles. The van der Waals surface area contributed by atoms with Gasteiger partial charge in [0, 0.05) is 6.42 Å². The Morgan fingerprint density at radius 1 is 1.25 bits per heavy atom. The van der Waals surface area contributed by atoms with Crippen molar-refractivity contribution in [2.24, 2.45) is 0 Å². The number of carboxylic acids is 1. The molecule has 7 nitrogen and oxygen atoms in total. The summed E-state index contributed by atoms with van der Waals surface area (Å²) >= 11 is 0. The fraction of sp³-hybridized carbons (Fsp3) is 0.308. The van der Waals surface area contributed by atoms with Gasteiger partial charge < -0.3 is 20.4 Å². The fourth-order valence-corrected chi connectivity index (χ4v) is 1.94. The van der Waals surface area contributed by atoms with Crippen molar-refractivity contribution < 1.29 is 14.7 Å². The number of fused-ring (bicyclic) bond motifs is 1. The lowest BCUT2D eigenvalue weighted by atomic mass is 10.1. The Hall–Kier alpha value is -2.57. The van der Waals surface area contributed by atoms with Crippen LogP contribution in [0.5, 0.6) is 0 Å². The highest BCUT2D eigenvalue weighted by molar-refractivity contribution is 5.81. The smallest absolute Gasteiger partial charge is 0.323 e. The summed E-state index contributed by atoms with van der Waals surface area (Å²) < 4.78 is 0. The van der Waals surface area contributed by atoms with E-state index in [1.54, 1.807) is 25.1 Å². The second-order valence-electron chi connectivity index (χ2n) is 4.57. The zero-order valence-electron chi connectivity index (χ0n) is 10.9. The molecule has 106 valence electrons. The topological polar surface area (TPSA) is 115 Å². The average Bonchev–Trinajstić information content (AvgIpc) is 2.75. The van der Waals surface area contributed by atoms with Crippen LogP contribution in [0.3, 0.4) is 0 Å². The molecular weight excluding hydrogens is 262 g/mol. The van der Waals surface area contributed by atoms with Crippen LogP contribution in [-0.2, 0) is 9.59 Å². The summed E-state index contributed by atoms with van der Waals surface area (Å²) in [5.41, 5.74) is 1.91. The number of nitrogens with one attached hydrogen (secondary N) is 3. The molecule has 0 aliphatic heterocycles. The molecule has 0 saturated carbocycles. The van der Waals surface area contributed by atoms with E-state index in [1.807, 2.05) is 0 Å². The van der Waals surface area contributed by atoms with Gasteiger partial charge in [-0.1, -0.05) is 6.07 Å². The summed E-state index contributed by atoms with van der Waals surface area (Å²) in [6.07, 6.45) is -0.244. The number of rotatable bonds is 5. The van der Waals surface area contributed by atoms with Gasteiger partial charge in [0.1, 0.15) is 0 Å². The van der Waals surface area contributed by atoms with E-state index in [0.717, 1.165) is 5.56 Å². The maximum atomic E-state index is 11.6. The number of imidazole rings is 1. The van der Waals surface area contributed by atoms with Crippen LogP contribution in [0.25, 0.3) is 11.0 Å². The number of aromatic amines is 2. The second-order valence-corrected chi connectivity index (χ2v) is 4.57. The molecule has 0 spiro atoms. The van der Waals surface area contributed by atoms with Gasteiger partial charge in [0.15, 0.2) is 0 Å². The first-order valence-corrected chi connectivity index (χ1v) is 6.19. The highest BCUT2D eigenvalue weighted by atomic mass is 16.4. The third-order valence-corrected chi connectivity index (χ3v) is 2.98. The van der Waals surface area contributed by atoms with Crippen molar-refractivity contribution in [1.82, 2.24) is 15.3 Å². The SMILES string of the molecule is CC(NC(=O)CCC(=O)O)c1ccc2[nH]c(=O)[nH]c2c1.